The molecule has 1 atom stereocenters. The van der Waals surface area contributed by atoms with Crippen molar-refractivity contribution in [1.29, 1.82) is 0 Å². The lowest BCUT2D eigenvalue weighted by atomic mass is 10.1. The van der Waals surface area contributed by atoms with E-state index in [2.05, 4.69) is 42.0 Å². The molecule has 0 radical (unpaired) electrons. The zero-order chi connectivity index (χ0) is 15.2. The molecule has 1 unspecified atom stereocenters. The maximum absolute atomic E-state index is 5.22. The first-order valence-electron chi connectivity index (χ1n) is 7.58. The Morgan fingerprint density at radius 1 is 1.19 bits per heavy atom. The van der Waals surface area contributed by atoms with Crippen molar-refractivity contribution in [2.45, 2.75) is 39.3 Å². The Balaban J connectivity index is 2.19. The number of aromatic nitrogens is 2. The third kappa shape index (κ3) is 3.64. The average molecular weight is 287 g/mol. The summed E-state index contributed by atoms with van der Waals surface area (Å²) in [4.78, 5) is 0. The van der Waals surface area contributed by atoms with Crippen LogP contribution in [-0.4, -0.2) is 23.9 Å². The normalized spacial score (nSPS) is 12.4. The van der Waals surface area contributed by atoms with Crippen LogP contribution >= 0.6 is 0 Å². The zero-order valence-electron chi connectivity index (χ0n) is 13.4. The van der Waals surface area contributed by atoms with Crippen LogP contribution in [0.1, 0.15) is 36.8 Å². The fourth-order valence-electron chi connectivity index (χ4n) is 2.50. The highest BCUT2D eigenvalue weighted by Crippen LogP contribution is 2.20. The Morgan fingerprint density at radius 3 is 2.43 bits per heavy atom. The van der Waals surface area contributed by atoms with Crippen LogP contribution in [0.3, 0.4) is 0 Å². The summed E-state index contributed by atoms with van der Waals surface area (Å²) >= 11 is 0. The van der Waals surface area contributed by atoms with Crippen LogP contribution in [0.5, 0.6) is 5.75 Å². The number of methoxy groups -OCH3 is 1. The first kappa shape index (κ1) is 15.6. The van der Waals surface area contributed by atoms with Crippen LogP contribution in [0, 0.1) is 0 Å². The molecule has 0 fully saturated rings. The summed E-state index contributed by atoms with van der Waals surface area (Å²) in [5.74, 6) is 0.884. The summed E-state index contributed by atoms with van der Waals surface area (Å²) in [6.45, 7) is 5.16. The summed E-state index contributed by atoms with van der Waals surface area (Å²) in [5, 5.41) is 8.08. The van der Waals surface area contributed by atoms with Crippen LogP contribution < -0.4 is 10.1 Å². The van der Waals surface area contributed by atoms with Gasteiger partial charge in [0.15, 0.2) is 0 Å². The number of aryl methyl sites for hydroxylation is 2. The summed E-state index contributed by atoms with van der Waals surface area (Å²) in [7, 11) is 3.68. The summed E-state index contributed by atoms with van der Waals surface area (Å²) in [6.07, 6.45) is 1.98. The summed E-state index contributed by atoms with van der Waals surface area (Å²) in [6, 6.07) is 10.7. The molecule has 0 bridgehead atoms. The highest BCUT2D eigenvalue weighted by Gasteiger charge is 2.13. The number of ether oxygens (including phenoxy) is 1. The molecule has 0 aliphatic carbocycles. The van der Waals surface area contributed by atoms with Crippen LogP contribution in [-0.2, 0) is 19.4 Å². The molecule has 21 heavy (non-hydrogen) atoms. The predicted molar refractivity (Wildman–Crippen MR) is 85.8 cm³/mol. The lowest BCUT2D eigenvalue weighted by Crippen LogP contribution is -2.23. The molecule has 1 aromatic carbocycles. The lowest BCUT2D eigenvalue weighted by molar-refractivity contribution is 0.413. The van der Waals surface area contributed by atoms with E-state index >= 15 is 0 Å². The van der Waals surface area contributed by atoms with E-state index in [0.717, 1.165) is 30.8 Å². The number of nitrogens with zero attached hydrogens (tertiary/aromatic N) is 2. The number of hydrogen-bond donors (Lipinski definition) is 1. The molecular weight excluding hydrogens is 262 g/mol. The van der Waals surface area contributed by atoms with Crippen LogP contribution in [0.15, 0.2) is 30.3 Å². The molecule has 0 amide bonds. The maximum atomic E-state index is 5.22. The fourth-order valence-corrected chi connectivity index (χ4v) is 2.50. The molecule has 0 spiro atoms. The summed E-state index contributed by atoms with van der Waals surface area (Å²) in [5.41, 5.74) is 3.70. The van der Waals surface area contributed by atoms with Crippen molar-refractivity contribution in [3.8, 4) is 5.75 Å². The Kier molecular flexibility index (Phi) is 5.39. The lowest BCUT2D eigenvalue weighted by Gasteiger charge is -2.18. The van der Waals surface area contributed by atoms with E-state index in [0.29, 0.717) is 0 Å². The van der Waals surface area contributed by atoms with Crippen molar-refractivity contribution in [3.63, 3.8) is 0 Å². The van der Waals surface area contributed by atoms with Gasteiger partial charge in [0.25, 0.3) is 0 Å². The van der Waals surface area contributed by atoms with E-state index in [1.54, 1.807) is 7.11 Å². The van der Waals surface area contributed by atoms with Crippen molar-refractivity contribution in [1.82, 2.24) is 15.1 Å². The molecule has 0 aliphatic rings. The first-order valence-corrected chi connectivity index (χ1v) is 7.58. The minimum atomic E-state index is 0.241. The van der Waals surface area contributed by atoms with Gasteiger partial charge in [0.05, 0.1) is 25.4 Å². The molecule has 0 aliphatic heterocycles. The van der Waals surface area contributed by atoms with Gasteiger partial charge in [0.1, 0.15) is 5.75 Å². The van der Waals surface area contributed by atoms with E-state index in [-0.39, 0.29) is 6.04 Å². The maximum Gasteiger partial charge on any atom is 0.118 e. The summed E-state index contributed by atoms with van der Waals surface area (Å²) < 4.78 is 7.35. The van der Waals surface area contributed by atoms with Gasteiger partial charge in [-0.05, 0) is 43.7 Å². The van der Waals surface area contributed by atoms with Crippen molar-refractivity contribution in [2.24, 2.45) is 0 Å². The number of rotatable bonds is 7. The second-order valence-corrected chi connectivity index (χ2v) is 5.13. The van der Waals surface area contributed by atoms with Crippen LogP contribution in [0.2, 0.25) is 0 Å². The molecule has 4 nitrogen and oxygen atoms in total. The van der Waals surface area contributed by atoms with E-state index in [1.165, 1.54) is 11.3 Å². The Bertz CT molecular complexity index is 560. The van der Waals surface area contributed by atoms with Crippen molar-refractivity contribution >= 4 is 0 Å². The van der Waals surface area contributed by atoms with Gasteiger partial charge in [0.2, 0.25) is 0 Å². The van der Waals surface area contributed by atoms with Gasteiger partial charge in [-0.2, -0.15) is 5.10 Å². The Labute approximate surface area is 127 Å². The predicted octanol–water partition coefficient (Wildman–Crippen LogP) is 2.98. The number of benzene rings is 1. The van der Waals surface area contributed by atoms with E-state index < -0.39 is 0 Å². The van der Waals surface area contributed by atoms with Gasteiger partial charge in [-0.25, -0.2) is 0 Å². The smallest absolute Gasteiger partial charge is 0.118 e. The quantitative estimate of drug-likeness (QED) is 0.851. The standard InChI is InChI=1S/C17H25N3O/c1-5-14-11-15(6-2)20(19-14)12-17(18-3)13-7-9-16(21-4)10-8-13/h7-11,17-18H,5-6,12H2,1-4H3. The Morgan fingerprint density at radius 2 is 1.90 bits per heavy atom. The largest absolute Gasteiger partial charge is 0.497 e. The van der Waals surface area contributed by atoms with E-state index in [1.807, 2.05) is 19.2 Å². The molecule has 114 valence electrons. The van der Waals surface area contributed by atoms with Gasteiger partial charge in [0, 0.05) is 5.69 Å². The van der Waals surface area contributed by atoms with Gasteiger partial charge >= 0.3 is 0 Å². The fraction of sp³-hybridized carbons (Fsp3) is 0.471. The van der Waals surface area contributed by atoms with E-state index in [9.17, 15) is 0 Å². The highest BCUT2D eigenvalue weighted by atomic mass is 16.5. The zero-order valence-corrected chi connectivity index (χ0v) is 13.4. The number of hydrogen-bond acceptors (Lipinski definition) is 3. The molecule has 2 rings (SSSR count). The molecule has 0 saturated heterocycles. The highest BCUT2D eigenvalue weighted by molar-refractivity contribution is 5.29. The van der Waals surface area contributed by atoms with Crippen molar-refractivity contribution < 1.29 is 4.74 Å². The third-order valence-corrected chi connectivity index (χ3v) is 3.86. The second-order valence-electron chi connectivity index (χ2n) is 5.13. The number of likely N-dealkylation sites (N-methyl/N-ethyl adjacent to an activating group) is 1. The molecule has 1 heterocycles. The van der Waals surface area contributed by atoms with Crippen LogP contribution in [0.4, 0.5) is 0 Å². The second kappa shape index (κ2) is 7.27. The molecule has 2 aromatic rings. The van der Waals surface area contributed by atoms with E-state index in [4.69, 9.17) is 9.84 Å². The third-order valence-electron chi connectivity index (χ3n) is 3.86. The Hall–Kier alpha value is -1.81. The molecular formula is C17H25N3O. The monoisotopic (exact) mass is 287 g/mol. The molecule has 1 aromatic heterocycles. The topological polar surface area (TPSA) is 39.1 Å². The SMILES string of the molecule is CCc1cc(CC)n(CC(NC)c2ccc(OC)cc2)n1. The molecule has 4 heteroatoms. The molecule has 0 saturated carbocycles. The van der Waals surface area contributed by atoms with Crippen molar-refractivity contribution in [2.75, 3.05) is 14.2 Å². The molecule has 1 N–H and O–H groups in total. The van der Waals surface area contributed by atoms with Gasteiger partial charge < -0.3 is 10.1 Å². The van der Waals surface area contributed by atoms with Gasteiger partial charge in [-0.3, -0.25) is 4.68 Å². The minimum Gasteiger partial charge on any atom is -0.497 e. The van der Waals surface area contributed by atoms with Gasteiger partial charge in [-0.1, -0.05) is 26.0 Å². The number of nitrogens with one attached hydrogen (secondary N) is 1. The van der Waals surface area contributed by atoms with Crippen LogP contribution in [0.25, 0.3) is 0 Å². The average Bonchev–Trinajstić information content (AvgIpc) is 2.95. The van der Waals surface area contributed by atoms with Crippen molar-refractivity contribution in [3.05, 3.63) is 47.3 Å². The van der Waals surface area contributed by atoms with Gasteiger partial charge in [-0.15, -0.1) is 0 Å². The minimum absolute atomic E-state index is 0.241. The first-order chi connectivity index (χ1) is 10.2.